The Hall–Kier alpha value is -1.31. The van der Waals surface area contributed by atoms with Crippen molar-refractivity contribution >= 4 is 5.52 Å². The van der Waals surface area contributed by atoms with E-state index in [1.807, 2.05) is 23.0 Å². The van der Waals surface area contributed by atoms with E-state index in [4.69, 9.17) is 0 Å². The van der Waals surface area contributed by atoms with Gasteiger partial charge >= 0.3 is 0 Å². The van der Waals surface area contributed by atoms with Crippen LogP contribution in [0.2, 0.25) is 0 Å². The third-order valence-electron chi connectivity index (χ3n) is 2.09. The number of pyridine rings is 1. The van der Waals surface area contributed by atoms with Crippen molar-refractivity contribution in [3.8, 4) is 0 Å². The molecule has 0 fully saturated rings. The highest BCUT2D eigenvalue weighted by molar-refractivity contribution is 5.47. The molecule has 0 atom stereocenters. The quantitative estimate of drug-likeness (QED) is 0.626. The molecule has 2 aromatic heterocycles. The number of hydrogen-bond acceptors (Lipinski definition) is 1. The van der Waals surface area contributed by atoms with E-state index in [0.717, 1.165) is 0 Å². The maximum atomic E-state index is 4.14. The Balaban J connectivity index is 2.60. The lowest BCUT2D eigenvalue weighted by Gasteiger charge is -2.04. The maximum Gasteiger partial charge on any atom is 0.0664 e. The zero-order valence-electron chi connectivity index (χ0n) is 7.36. The number of hydrogen-bond donors (Lipinski definition) is 0. The summed E-state index contributed by atoms with van der Waals surface area (Å²) in [6.45, 7) is 4.39. The van der Waals surface area contributed by atoms with Crippen LogP contribution in [0.15, 0.2) is 30.6 Å². The van der Waals surface area contributed by atoms with Gasteiger partial charge in [-0.15, -0.1) is 0 Å². The third-order valence-corrected chi connectivity index (χ3v) is 2.09. The van der Waals surface area contributed by atoms with Crippen molar-refractivity contribution in [2.24, 2.45) is 0 Å². The Bertz CT molecular complexity index is 387. The van der Waals surface area contributed by atoms with Gasteiger partial charge in [0.15, 0.2) is 0 Å². The number of aromatic nitrogens is 2. The van der Waals surface area contributed by atoms with Crippen molar-refractivity contribution in [2.75, 3.05) is 0 Å². The Kier molecular flexibility index (Phi) is 1.61. The molecule has 0 aliphatic heterocycles. The normalized spacial score (nSPS) is 11.2. The molecule has 2 heterocycles. The second kappa shape index (κ2) is 2.63. The molecular weight excluding hydrogens is 148 g/mol. The standard InChI is InChI=1S/C10H12N2/c1-8(2)9-4-6-12-10(7-9)3-5-11-12/h3-8H,1-2H3. The average molecular weight is 160 g/mol. The first kappa shape index (κ1) is 7.35. The van der Waals surface area contributed by atoms with Crippen molar-refractivity contribution in [2.45, 2.75) is 19.8 Å². The molecule has 0 aliphatic carbocycles. The molecule has 2 nitrogen and oxygen atoms in total. The first-order valence-corrected chi connectivity index (χ1v) is 4.20. The zero-order chi connectivity index (χ0) is 8.55. The van der Waals surface area contributed by atoms with Gasteiger partial charge in [0.05, 0.1) is 5.52 Å². The first-order valence-electron chi connectivity index (χ1n) is 4.20. The molecule has 0 aromatic carbocycles. The van der Waals surface area contributed by atoms with Crippen molar-refractivity contribution < 1.29 is 0 Å². The predicted molar refractivity (Wildman–Crippen MR) is 49.3 cm³/mol. The van der Waals surface area contributed by atoms with Crippen LogP contribution in [0, 0.1) is 0 Å². The highest BCUT2D eigenvalue weighted by Crippen LogP contribution is 2.15. The van der Waals surface area contributed by atoms with E-state index in [0.29, 0.717) is 5.92 Å². The molecule has 2 aromatic rings. The van der Waals surface area contributed by atoms with Crippen LogP contribution < -0.4 is 0 Å². The fourth-order valence-electron chi connectivity index (χ4n) is 1.30. The summed E-state index contributed by atoms with van der Waals surface area (Å²) in [4.78, 5) is 0. The van der Waals surface area contributed by atoms with Crippen molar-refractivity contribution in [3.05, 3.63) is 36.2 Å². The molecule has 0 unspecified atom stereocenters. The number of nitrogens with zero attached hydrogens (tertiary/aromatic N) is 2. The van der Waals surface area contributed by atoms with Crippen LogP contribution >= 0.6 is 0 Å². The van der Waals surface area contributed by atoms with Gasteiger partial charge in [-0.25, -0.2) is 4.52 Å². The minimum atomic E-state index is 0.588. The van der Waals surface area contributed by atoms with Crippen LogP contribution in [0.4, 0.5) is 0 Å². The molecular formula is C10H12N2. The molecule has 0 saturated carbocycles. The summed E-state index contributed by atoms with van der Waals surface area (Å²) < 4.78 is 1.88. The minimum absolute atomic E-state index is 0.588. The molecule has 0 bridgehead atoms. The SMILES string of the molecule is CC(C)c1ccn2nccc2c1. The molecule has 0 radical (unpaired) electrons. The summed E-state index contributed by atoms with van der Waals surface area (Å²) in [5.74, 6) is 0.588. The Morgan fingerprint density at radius 2 is 2.17 bits per heavy atom. The van der Waals surface area contributed by atoms with Crippen molar-refractivity contribution in [3.63, 3.8) is 0 Å². The average Bonchev–Trinajstić information content (AvgIpc) is 2.49. The summed E-state index contributed by atoms with van der Waals surface area (Å²) >= 11 is 0. The van der Waals surface area contributed by atoms with E-state index in [2.05, 4.69) is 31.1 Å². The molecule has 0 spiro atoms. The van der Waals surface area contributed by atoms with Gasteiger partial charge in [-0.3, -0.25) is 0 Å². The van der Waals surface area contributed by atoms with E-state index in [-0.39, 0.29) is 0 Å². The van der Waals surface area contributed by atoms with E-state index in [1.54, 1.807) is 0 Å². The largest absolute Gasteiger partial charge is 0.241 e. The van der Waals surface area contributed by atoms with Gasteiger partial charge in [0.2, 0.25) is 0 Å². The smallest absolute Gasteiger partial charge is 0.0664 e. The maximum absolute atomic E-state index is 4.14. The Morgan fingerprint density at radius 3 is 2.92 bits per heavy atom. The summed E-state index contributed by atoms with van der Waals surface area (Å²) in [6.07, 6.45) is 3.82. The van der Waals surface area contributed by atoms with Crippen LogP contribution in [0.1, 0.15) is 25.3 Å². The monoisotopic (exact) mass is 160 g/mol. The van der Waals surface area contributed by atoms with Gasteiger partial charge in [0.1, 0.15) is 0 Å². The van der Waals surface area contributed by atoms with Crippen LogP contribution in [-0.2, 0) is 0 Å². The van der Waals surface area contributed by atoms with Crippen LogP contribution in [0.3, 0.4) is 0 Å². The topological polar surface area (TPSA) is 17.3 Å². The lowest BCUT2D eigenvalue weighted by molar-refractivity contribution is 0.855. The summed E-state index contributed by atoms with van der Waals surface area (Å²) in [5.41, 5.74) is 2.53. The summed E-state index contributed by atoms with van der Waals surface area (Å²) in [7, 11) is 0. The van der Waals surface area contributed by atoms with Crippen LogP contribution in [0.5, 0.6) is 0 Å². The summed E-state index contributed by atoms with van der Waals surface area (Å²) in [6, 6.07) is 6.31. The van der Waals surface area contributed by atoms with Gasteiger partial charge in [-0.2, -0.15) is 5.10 Å². The molecule has 0 saturated heterocycles. The van der Waals surface area contributed by atoms with Gasteiger partial charge in [-0.1, -0.05) is 13.8 Å². The summed E-state index contributed by atoms with van der Waals surface area (Å²) in [5, 5.41) is 4.14. The fourth-order valence-corrected chi connectivity index (χ4v) is 1.30. The number of fused-ring (bicyclic) bond motifs is 1. The molecule has 0 amide bonds. The molecule has 2 rings (SSSR count). The lowest BCUT2D eigenvalue weighted by Crippen LogP contribution is -1.91. The lowest BCUT2D eigenvalue weighted by atomic mass is 10.1. The van der Waals surface area contributed by atoms with E-state index < -0.39 is 0 Å². The van der Waals surface area contributed by atoms with Gasteiger partial charge in [0, 0.05) is 12.4 Å². The number of rotatable bonds is 1. The second-order valence-corrected chi connectivity index (χ2v) is 3.32. The van der Waals surface area contributed by atoms with Crippen LogP contribution in [0.25, 0.3) is 5.52 Å². The minimum Gasteiger partial charge on any atom is -0.241 e. The van der Waals surface area contributed by atoms with Gasteiger partial charge < -0.3 is 0 Å². The van der Waals surface area contributed by atoms with Gasteiger partial charge in [-0.05, 0) is 29.7 Å². The van der Waals surface area contributed by atoms with E-state index in [1.165, 1.54) is 11.1 Å². The molecule has 0 N–H and O–H groups in total. The van der Waals surface area contributed by atoms with Gasteiger partial charge in [0.25, 0.3) is 0 Å². The first-order chi connectivity index (χ1) is 5.77. The van der Waals surface area contributed by atoms with Crippen molar-refractivity contribution in [1.29, 1.82) is 0 Å². The van der Waals surface area contributed by atoms with E-state index in [9.17, 15) is 0 Å². The third kappa shape index (κ3) is 1.09. The van der Waals surface area contributed by atoms with E-state index >= 15 is 0 Å². The van der Waals surface area contributed by atoms with Crippen LogP contribution in [-0.4, -0.2) is 9.61 Å². The molecule has 0 aliphatic rings. The second-order valence-electron chi connectivity index (χ2n) is 3.32. The van der Waals surface area contributed by atoms with Crippen molar-refractivity contribution in [1.82, 2.24) is 9.61 Å². The zero-order valence-corrected chi connectivity index (χ0v) is 7.36. The highest BCUT2D eigenvalue weighted by Gasteiger charge is 1.99. The Labute approximate surface area is 71.8 Å². The Morgan fingerprint density at radius 1 is 1.33 bits per heavy atom. The fraction of sp³-hybridized carbons (Fsp3) is 0.300. The predicted octanol–water partition coefficient (Wildman–Crippen LogP) is 2.46. The molecule has 2 heteroatoms. The molecule has 12 heavy (non-hydrogen) atoms. The highest BCUT2D eigenvalue weighted by atomic mass is 15.2. The molecule has 62 valence electrons.